The zero-order chi connectivity index (χ0) is 7.68. The third-order valence-electron chi connectivity index (χ3n) is 2.54. The first-order valence-corrected chi connectivity index (χ1v) is 4.34. The van der Waals surface area contributed by atoms with Crippen LogP contribution in [-0.4, -0.2) is 37.0 Å². The fourth-order valence-corrected chi connectivity index (χ4v) is 1.55. The normalized spacial score (nSPS) is 37.9. The quantitative estimate of drug-likeness (QED) is 0.593. The van der Waals surface area contributed by atoms with Crippen LogP contribution in [0, 0.1) is 5.92 Å². The second-order valence-electron chi connectivity index (χ2n) is 3.63. The van der Waals surface area contributed by atoms with E-state index in [1.54, 1.807) is 0 Å². The zero-order valence-electron chi connectivity index (χ0n) is 6.62. The summed E-state index contributed by atoms with van der Waals surface area (Å²) in [5.41, 5.74) is 0. The summed E-state index contributed by atoms with van der Waals surface area (Å²) >= 11 is 0. The number of ether oxygens (including phenoxy) is 1. The van der Waals surface area contributed by atoms with Crippen LogP contribution in [0.25, 0.3) is 0 Å². The van der Waals surface area contributed by atoms with Gasteiger partial charge in [-0.1, -0.05) is 0 Å². The lowest BCUT2D eigenvalue weighted by Gasteiger charge is -2.35. The molecule has 0 atom stereocenters. The van der Waals surface area contributed by atoms with E-state index in [4.69, 9.17) is 9.84 Å². The lowest BCUT2D eigenvalue weighted by molar-refractivity contribution is -0.0148. The molecule has 0 bridgehead atoms. The highest BCUT2D eigenvalue weighted by Crippen LogP contribution is 2.26. The minimum Gasteiger partial charge on any atom is -0.393 e. The van der Waals surface area contributed by atoms with E-state index in [1.165, 1.54) is 0 Å². The van der Waals surface area contributed by atoms with Crippen LogP contribution in [0.15, 0.2) is 0 Å². The highest BCUT2D eigenvalue weighted by molar-refractivity contribution is 4.82. The van der Waals surface area contributed by atoms with Crippen molar-refractivity contribution < 1.29 is 9.84 Å². The molecule has 1 aliphatic heterocycles. The summed E-state index contributed by atoms with van der Waals surface area (Å²) in [5.74, 6) is 0.714. The summed E-state index contributed by atoms with van der Waals surface area (Å²) in [6.45, 7) is 2.80. The van der Waals surface area contributed by atoms with Crippen LogP contribution in [0.5, 0.6) is 0 Å². The predicted octanol–water partition coefficient (Wildman–Crippen LogP) is -0.254. The Morgan fingerprint density at radius 3 is 2.55 bits per heavy atom. The van der Waals surface area contributed by atoms with Gasteiger partial charge in [-0.05, 0) is 25.3 Å². The van der Waals surface area contributed by atoms with Crippen molar-refractivity contribution in [1.29, 1.82) is 0 Å². The molecule has 2 aliphatic rings. The molecule has 0 unspecified atom stereocenters. The minimum atomic E-state index is -0.0144. The summed E-state index contributed by atoms with van der Waals surface area (Å²) in [7, 11) is 0. The monoisotopic (exact) mass is 157 g/mol. The predicted molar refractivity (Wildman–Crippen MR) is 41.3 cm³/mol. The van der Waals surface area contributed by atoms with E-state index in [0.717, 1.165) is 32.6 Å². The van der Waals surface area contributed by atoms with Gasteiger partial charge in [-0.15, -0.1) is 0 Å². The average Bonchev–Trinajstić information content (AvgIpc) is 1.80. The largest absolute Gasteiger partial charge is 0.393 e. The van der Waals surface area contributed by atoms with Gasteiger partial charge in [0.25, 0.3) is 0 Å². The molecule has 2 N–H and O–H groups in total. The molecule has 2 fully saturated rings. The average molecular weight is 157 g/mol. The van der Waals surface area contributed by atoms with Crippen molar-refractivity contribution in [3.05, 3.63) is 0 Å². The van der Waals surface area contributed by atoms with Crippen LogP contribution in [0.3, 0.4) is 0 Å². The number of nitrogens with one attached hydrogen (secondary N) is 1. The van der Waals surface area contributed by atoms with Gasteiger partial charge in [-0.2, -0.15) is 0 Å². The van der Waals surface area contributed by atoms with Crippen LogP contribution >= 0.6 is 0 Å². The lowest BCUT2D eigenvalue weighted by atomic mass is 9.82. The molecule has 0 spiro atoms. The maximum absolute atomic E-state index is 9.00. The Morgan fingerprint density at radius 1 is 1.36 bits per heavy atom. The third-order valence-corrected chi connectivity index (χ3v) is 2.54. The minimum absolute atomic E-state index is 0.0144. The molecule has 1 saturated heterocycles. The van der Waals surface area contributed by atoms with E-state index < -0.39 is 0 Å². The van der Waals surface area contributed by atoms with Crippen molar-refractivity contribution in [2.24, 2.45) is 5.92 Å². The Bertz CT molecular complexity index is 130. The molecule has 3 nitrogen and oxygen atoms in total. The number of aliphatic hydroxyl groups excluding tert-OH is 1. The second kappa shape index (κ2) is 3.09. The van der Waals surface area contributed by atoms with Gasteiger partial charge in [0.2, 0.25) is 0 Å². The van der Waals surface area contributed by atoms with E-state index in [2.05, 4.69) is 5.32 Å². The molecular formula is C8H15NO2. The van der Waals surface area contributed by atoms with Gasteiger partial charge in [0, 0.05) is 0 Å². The molecule has 1 heterocycles. The van der Waals surface area contributed by atoms with Crippen molar-refractivity contribution in [3.8, 4) is 0 Å². The van der Waals surface area contributed by atoms with E-state index in [1.807, 2.05) is 0 Å². The molecular weight excluding hydrogens is 142 g/mol. The Kier molecular flexibility index (Phi) is 2.11. The third kappa shape index (κ3) is 1.72. The molecule has 64 valence electrons. The maximum Gasteiger partial charge on any atom is 0.0643 e. The Balaban J connectivity index is 1.53. The van der Waals surface area contributed by atoms with Gasteiger partial charge in [0.1, 0.15) is 0 Å². The van der Waals surface area contributed by atoms with Gasteiger partial charge < -0.3 is 15.2 Å². The van der Waals surface area contributed by atoms with Crippen molar-refractivity contribution in [2.75, 3.05) is 19.8 Å². The Labute approximate surface area is 66.7 Å². The molecule has 0 aromatic rings. The molecule has 0 amide bonds. The van der Waals surface area contributed by atoms with E-state index in [-0.39, 0.29) is 6.10 Å². The van der Waals surface area contributed by atoms with Crippen LogP contribution in [0.4, 0.5) is 0 Å². The van der Waals surface area contributed by atoms with Crippen LogP contribution in [-0.2, 0) is 4.74 Å². The molecule has 1 saturated carbocycles. The first-order chi connectivity index (χ1) is 5.34. The number of rotatable bonds is 3. The van der Waals surface area contributed by atoms with Gasteiger partial charge in [0.05, 0.1) is 25.4 Å². The SMILES string of the molecule is OC1CC(CNC2COC2)C1. The lowest BCUT2D eigenvalue weighted by Crippen LogP contribution is -2.49. The number of aliphatic hydroxyl groups is 1. The van der Waals surface area contributed by atoms with Crippen molar-refractivity contribution >= 4 is 0 Å². The summed E-state index contributed by atoms with van der Waals surface area (Å²) < 4.78 is 5.03. The topological polar surface area (TPSA) is 41.5 Å². The van der Waals surface area contributed by atoms with E-state index >= 15 is 0 Å². The van der Waals surface area contributed by atoms with Gasteiger partial charge >= 0.3 is 0 Å². The Hall–Kier alpha value is -0.120. The van der Waals surface area contributed by atoms with Crippen molar-refractivity contribution in [2.45, 2.75) is 25.0 Å². The van der Waals surface area contributed by atoms with E-state index in [9.17, 15) is 0 Å². The zero-order valence-corrected chi connectivity index (χ0v) is 6.62. The van der Waals surface area contributed by atoms with Gasteiger partial charge in [0.15, 0.2) is 0 Å². The second-order valence-corrected chi connectivity index (χ2v) is 3.63. The maximum atomic E-state index is 9.00. The van der Waals surface area contributed by atoms with Crippen LogP contribution in [0.1, 0.15) is 12.8 Å². The molecule has 0 radical (unpaired) electrons. The summed E-state index contributed by atoms with van der Waals surface area (Å²) in [6.07, 6.45) is 1.96. The molecule has 11 heavy (non-hydrogen) atoms. The van der Waals surface area contributed by atoms with Crippen LogP contribution in [0.2, 0.25) is 0 Å². The summed E-state index contributed by atoms with van der Waals surface area (Å²) in [5, 5.41) is 12.4. The highest BCUT2D eigenvalue weighted by Gasteiger charge is 2.28. The first-order valence-electron chi connectivity index (χ1n) is 4.34. The molecule has 1 aliphatic carbocycles. The number of hydrogen-bond acceptors (Lipinski definition) is 3. The first kappa shape index (κ1) is 7.53. The van der Waals surface area contributed by atoms with Crippen molar-refractivity contribution in [3.63, 3.8) is 0 Å². The summed E-state index contributed by atoms with van der Waals surface area (Å²) in [6, 6.07) is 0.591. The van der Waals surface area contributed by atoms with Gasteiger partial charge in [-0.3, -0.25) is 0 Å². The molecule has 2 rings (SSSR count). The van der Waals surface area contributed by atoms with E-state index in [0.29, 0.717) is 12.0 Å². The fraction of sp³-hybridized carbons (Fsp3) is 1.00. The van der Waals surface area contributed by atoms with Crippen LogP contribution < -0.4 is 5.32 Å². The molecule has 0 aromatic heterocycles. The van der Waals surface area contributed by atoms with Gasteiger partial charge in [-0.25, -0.2) is 0 Å². The molecule has 3 heteroatoms. The Morgan fingerprint density at radius 2 is 2.09 bits per heavy atom. The highest BCUT2D eigenvalue weighted by atomic mass is 16.5. The standard InChI is InChI=1S/C8H15NO2/c10-8-1-6(2-8)3-9-7-4-11-5-7/h6-10H,1-5H2. The van der Waals surface area contributed by atoms with Crippen molar-refractivity contribution in [1.82, 2.24) is 5.32 Å². The number of hydrogen-bond donors (Lipinski definition) is 2. The summed E-state index contributed by atoms with van der Waals surface area (Å²) in [4.78, 5) is 0. The smallest absolute Gasteiger partial charge is 0.0643 e. The molecule has 0 aromatic carbocycles. The fourth-order valence-electron chi connectivity index (χ4n) is 1.55.